The van der Waals surface area contributed by atoms with E-state index < -0.39 is 0 Å². The fourth-order valence-electron chi connectivity index (χ4n) is 0.542. The van der Waals surface area contributed by atoms with Gasteiger partial charge < -0.3 is 0 Å². The Labute approximate surface area is 75.5 Å². The predicted octanol–water partition coefficient (Wildman–Crippen LogP) is 3.97. The Morgan fingerprint density at radius 3 is 2.44 bits per heavy atom. The van der Waals surface area contributed by atoms with Gasteiger partial charge in [0.1, 0.15) is 0 Å². The summed E-state index contributed by atoms with van der Waals surface area (Å²) in [5, 5.41) is 0. The van der Waals surface area contributed by atoms with E-state index >= 15 is 0 Å². The van der Waals surface area contributed by atoms with Crippen molar-refractivity contribution < 1.29 is 0 Å². The predicted molar refractivity (Wildman–Crippen MR) is 49.4 cm³/mol. The van der Waals surface area contributed by atoms with Crippen molar-refractivity contribution in [1.82, 2.24) is 0 Å². The van der Waals surface area contributed by atoms with Crippen LogP contribution < -0.4 is 0 Å². The lowest BCUT2D eigenvalue weighted by molar-refractivity contribution is 1.17. The van der Waals surface area contributed by atoms with Gasteiger partial charge in [-0.05, 0) is 35.0 Å². The van der Waals surface area contributed by atoms with Crippen LogP contribution in [-0.4, -0.2) is 0 Å². The van der Waals surface area contributed by atoms with Crippen molar-refractivity contribution in [3.05, 3.63) is 20.8 Å². The van der Waals surface area contributed by atoms with E-state index in [1.807, 2.05) is 0 Å². The lowest BCUT2D eigenvalue weighted by Crippen LogP contribution is -1.71. The van der Waals surface area contributed by atoms with Gasteiger partial charge in [0, 0.05) is 9.70 Å². The summed E-state index contributed by atoms with van der Waals surface area (Å²) in [5.41, 5.74) is 0. The normalized spacial score (nSPS) is 13.7. The molecule has 0 aromatic carbocycles. The fraction of sp³-hybridized carbons (Fsp3) is 0.333. The molecule has 0 bridgehead atoms. The minimum Gasteiger partial charge on any atom is -0.132 e. The van der Waals surface area contributed by atoms with Crippen molar-refractivity contribution in [3.63, 3.8) is 0 Å². The Kier molecular flexibility index (Phi) is 2.73. The third kappa shape index (κ3) is 2.06. The highest BCUT2D eigenvalue weighted by atomic mass is 79.9. The van der Waals surface area contributed by atoms with Gasteiger partial charge in [-0.3, -0.25) is 0 Å². The van der Waals surface area contributed by atoms with Gasteiger partial charge in [0.2, 0.25) is 0 Å². The maximum atomic E-state index is 3.49. The topological polar surface area (TPSA) is 0 Å². The highest BCUT2D eigenvalue weighted by molar-refractivity contribution is 9.11. The van der Waals surface area contributed by atoms with Crippen molar-refractivity contribution >= 4 is 43.2 Å². The van der Waals surface area contributed by atoms with Crippen LogP contribution in [0.5, 0.6) is 0 Å². The number of rotatable bonds is 1. The summed E-state index contributed by atoms with van der Waals surface area (Å²) in [6.45, 7) is 2.12. The Hall–Kier alpha value is 0.660. The average Bonchev–Trinajstić information content (AvgIpc) is 2.14. The van der Waals surface area contributed by atoms with Crippen LogP contribution in [0.15, 0.2) is 15.9 Å². The smallest absolute Gasteiger partial charge is 0.0701 e. The number of hydrogen-bond acceptors (Lipinski definition) is 1. The van der Waals surface area contributed by atoms with Crippen molar-refractivity contribution in [1.29, 1.82) is 0 Å². The van der Waals surface area contributed by atoms with E-state index in [9.17, 15) is 0 Å². The van der Waals surface area contributed by atoms with Crippen molar-refractivity contribution in [3.8, 4) is 0 Å². The standard InChI is InChI=1S/C6H6Br2S/c1-4(7)5-2-3-6(8)9-5/h2-4H,1H3. The number of hydrogen-bond donors (Lipinski definition) is 0. The molecule has 0 aliphatic carbocycles. The van der Waals surface area contributed by atoms with Crippen LogP contribution in [0, 0.1) is 0 Å². The molecule has 1 atom stereocenters. The van der Waals surface area contributed by atoms with Crippen LogP contribution in [0.1, 0.15) is 16.6 Å². The Bertz CT molecular complexity index is 193. The van der Waals surface area contributed by atoms with E-state index in [0.717, 1.165) is 0 Å². The SMILES string of the molecule is CC(Br)c1ccc(Br)s1. The van der Waals surface area contributed by atoms with Gasteiger partial charge in [0.05, 0.1) is 3.79 Å². The van der Waals surface area contributed by atoms with E-state index in [-0.39, 0.29) is 0 Å². The molecule has 0 fully saturated rings. The Morgan fingerprint density at radius 2 is 2.22 bits per heavy atom. The Morgan fingerprint density at radius 1 is 1.56 bits per heavy atom. The number of halogens is 2. The van der Waals surface area contributed by atoms with Gasteiger partial charge in [0.15, 0.2) is 0 Å². The van der Waals surface area contributed by atoms with E-state index in [1.54, 1.807) is 11.3 Å². The first-order valence-electron chi connectivity index (χ1n) is 2.59. The molecule has 0 spiro atoms. The Balaban J connectivity index is 2.85. The van der Waals surface area contributed by atoms with Gasteiger partial charge in [-0.2, -0.15) is 0 Å². The van der Waals surface area contributed by atoms with Crippen molar-refractivity contribution in [2.45, 2.75) is 11.8 Å². The molecule has 0 aliphatic rings. The van der Waals surface area contributed by atoms with Gasteiger partial charge in [-0.15, -0.1) is 11.3 Å². The van der Waals surface area contributed by atoms with Crippen LogP contribution in [0.2, 0.25) is 0 Å². The van der Waals surface area contributed by atoms with Crippen LogP contribution in [0.4, 0.5) is 0 Å². The van der Waals surface area contributed by atoms with Crippen molar-refractivity contribution in [2.24, 2.45) is 0 Å². The van der Waals surface area contributed by atoms with E-state index in [0.29, 0.717) is 4.83 Å². The molecule has 1 aromatic heterocycles. The molecule has 0 saturated carbocycles. The van der Waals surface area contributed by atoms with Crippen LogP contribution in [0.3, 0.4) is 0 Å². The zero-order valence-corrected chi connectivity index (χ0v) is 8.88. The van der Waals surface area contributed by atoms with Crippen LogP contribution in [-0.2, 0) is 0 Å². The lowest BCUT2D eigenvalue weighted by Gasteiger charge is -1.93. The minimum atomic E-state index is 0.480. The monoisotopic (exact) mass is 268 g/mol. The molecule has 1 aromatic rings. The quantitative estimate of drug-likeness (QED) is 0.677. The number of alkyl halides is 1. The molecule has 0 radical (unpaired) electrons. The molecule has 0 aliphatic heterocycles. The average molecular weight is 270 g/mol. The van der Waals surface area contributed by atoms with Gasteiger partial charge in [-0.25, -0.2) is 0 Å². The molecule has 0 amide bonds. The van der Waals surface area contributed by atoms with E-state index in [1.165, 1.54) is 8.66 Å². The van der Waals surface area contributed by atoms with E-state index in [2.05, 4.69) is 50.9 Å². The zero-order valence-electron chi connectivity index (χ0n) is 4.90. The molecule has 1 unspecified atom stereocenters. The zero-order chi connectivity index (χ0) is 6.85. The third-order valence-corrected chi connectivity index (χ3v) is 3.59. The molecule has 9 heavy (non-hydrogen) atoms. The summed E-state index contributed by atoms with van der Waals surface area (Å²) in [5.74, 6) is 0. The summed E-state index contributed by atoms with van der Waals surface area (Å²) in [7, 11) is 0. The first kappa shape index (κ1) is 7.76. The molecule has 1 rings (SSSR count). The second-order valence-corrected chi connectivity index (χ2v) is 5.63. The fourth-order valence-corrected chi connectivity index (χ4v) is 2.33. The lowest BCUT2D eigenvalue weighted by atomic mass is 10.4. The number of thiophene rings is 1. The maximum Gasteiger partial charge on any atom is 0.0701 e. The second-order valence-electron chi connectivity index (χ2n) is 1.76. The van der Waals surface area contributed by atoms with Crippen LogP contribution in [0.25, 0.3) is 0 Å². The van der Waals surface area contributed by atoms with Gasteiger partial charge >= 0.3 is 0 Å². The highest BCUT2D eigenvalue weighted by Crippen LogP contribution is 2.31. The van der Waals surface area contributed by atoms with Crippen LogP contribution >= 0.6 is 43.2 Å². The molecule has 0 saturated heterocycles. The minimum absolute atomic E-state index is 0.480. The maximum absolute atomic E-state index is 3.49. The van der Waals surface area contributed by atoms with E-state index in [4.69, 9.17) is 0 Å². The molecule has 0 N–H and O–H groups in total. The molecular weight excluding hydrogens is 264 g/mol. The third-order valence-electron chi connectivity index (χ3n) is 0.986. The molecular formula is C6H6Br2S. The molecule has 3 heteroatoms. The molecule has 0 nitrogen and oxygen atoms in total. The summed E-state index contributed by atoms with van der Waals surface area (Å²) in [6, 6.07) is 4.19. The summed E-state index contributed by atoms with van der Waals surface area (Å²) in [6.07, 6.45) is 0. The first-order chi connectivity index (χ1) is 4.20. The summed E-state index contributed by atoms with van der Waals surface area (Å²) < 4.78 is 1.20. The second kappa shape index (κ2) is 3.17. The van der Waals surface area contributed by atoms with Gasteiger partial charge in [0.25, 0.3) is 0 Å². The first-order valence-corrected chi connectivity index (χ1v) is 5.12. The highest BCUT2D eigenvalue weighted by Gasteiger charge is 2.01. The summed E-state index contributed by atoms with van der Waals surface area (Å²) in [4.78, 5) is 1.84. The van der Waals surface area contributed by atoms with Crippen molar-refractivity contribution in [2.75, 3.05) is 0 Å². The molecule has 1 heterocycles. The summed E-state index contributed by atoms with van der Waals surface area (Å²) >= 11 is 8.65. The largest absolute Gasteiger partial charge is 0.132 e. The van der Waals surface area contributed by atoms with Gasteiger partial charge in [-0.1, -0.05) is 15.9 Å². The molecule has 50 valence electrons.